The quantitative estimate of drug-likeness (QED) is 0.859. The largest absolute Gasteiger partial charge is 0.346 e. The van der Waals surface area contributed by atoms with E-state index in [1.165, 1.54) is 11.3 Å². The van der Waals surface area contributed by atoms with Crippen LogP contribution in [0.3, 0.4) is 0 Å². The zero-order valence-corrected chi connectivity index (χ0v) is 12.0. The summed E-state index contributed by atoms with van der Waals surface area (Å²) in [4.78, 5) is 13.2. The van der Waals surface area contributed by atoms with Gasteiger partial charge in [-0.15, -0.1) is 11.3 Å². The zero-order chi connectivity index (χ0) is 13.0. The monoisotopic (exact) mass is 266 g/mol. The molecule has 2 N–H and O–H groups in total. The van der Waals surface area contributed by atoms with Crippen LogP contribution in [0.5, 0.6) is 0 Å². The van der Waals surface area contributed by atoms with Gasteiger partial charge >= 0.3 is 0 Å². The van der Waals surface area contributed by atoms with Gasteiger partial charge in [0, 0.05) is 11.3 Å². The van der Waals surface area contributed by atoms with Gasteiger partial charge < -0.3 is 10.6 Å². The van der Waals surface area contributed by atoms with Gasteiger partial charge in [-0.25, -0.2) is 0 Å². The van der Waals surface area contributed by atoms with Gasteiger partial charge in [-0.1, -0.05) is 6.07 Å². The van der Waals surface area contributed by atoms with Crippen LogP contribution in [0.15, 0.2) is 17.5 Å². The van der Waals surface area contributed by atoms with Crippen molar-refractivity contribution in [2.24, 2.45) is 5.92 Å². The molecule has 1 aliphatic heterocycles. The fraction of sp³-hybridized carbons (Fsp3) is 0.643. The molecule has 0 aromatic carbocycles. The van der Waals surface area contributed by atoms with Gasteiger partial charge in [0.1, 0.15) is 0 Å². The lowest BCUT2D eigenvalue weighted by atomic mass is 10.00. The van der Waals surface area contributed by atoms with E-state index in [1.54, 1.807) is 11.3 Å². The highest BCUT2D eigenvalue weighted by Gasteiger charge is 2.24. The van der Waals surface area contributed by atoms with Crippen LogP contribution in [0, 0.1) is 5.92 Å². The third-order valence-electron chi connectivity index (χ3n) is 3.53. The predicted octanol–water partition coefficient (Wildman–Crippen LogP) is 2.49. The Balaban J connectivity index is 1.79. The highest BCUT2D eigenvalue weighted by Crippen LogP contribution is 2.25. The summed E-state index contributed by atoms with van der Waals surface area (Å²) in [6.07, 6.45) is 2.85. The van der Waals surface area contributed by atoms with Crippen molar-refractivity contribution in [3.05, 3.63) is 22.4 Å². The third kappa shape index (κ3) is 3.56. The van der Waals surface area contributed by atoms with Crippen LogP contribution in [0.4, 0.5) is 0 Å². The van der Waals surface area contributed by atoms with Crippen LogP contribution in [0.2, 0.25) is 0 Å². The minimum absolute atomic E-state index is 0.167. The van der Waals surface area contributed by atoms with Crippen molar-refractivity contribution in [3.63, 3.8) is 0 Å². The second-order valence-corrected chi connectivity index (χ2v) is 6.50. The van der Waals surface area contributed by atoms with E-state index in [0.29, 0.717) is 12.3 Å². The summed E-state index contributed by atoms with van der Waals surface area (Å²) in [7, 11) is 0. The van der Waals surface area contributed by atoms with E-state index in [1.807, 2.05) is 11.4 Å². The number of carbonyl (C=O) groups excluding carboxylic acids is 1. The van der Waals surface area contributed by atoms with Crippen molar-refractivity contribution in [2.45, 2.75) is 38.6 Å². The summed E-state index contributed by atoms with van der Waals surface area (Å²) in [6.45, 7) is 6.30. The molecule has 0 spiro atoms. The van der Waals surface area contributed by atoms with E-state index in [2.05, 4.69) is 30.5 Å². The fourth-order valence-electron chi connectivity index (χ4n) is 2.40. The molecule has 0 radical (unpaired) electrons. The number of amides is 1. The average Bonchev–Trinajstić information content (AvgIpc) is 2.99. The summed E-state index contributed by atoms with van der Waals surface area (Å²) in [5.41, 5.74) is -0.251. The molecule has 1 atom stereocenters. The Hall–Kier alpha value is -0.870. The normalized spacial score (nSPS) is 20.0. The van der Waals surface area contributed by atoms with Gasteiger partial charge in [-0.2, -0.15) is 0 Å². The number of nitrogens with one attached hydrogen (secondary N) is 2. The lowest BCUT2D eigenvalue weighted by Crippen LogP contribution is -2.40. The van der Waals surface area contributed by atoms with E-state index in [9.17, 15) is 4.79 Å². The molecule has 1 amide bonds. The Kier molecular flexibility index (Phi) is 4.40. The Bertz CT molecular complexity index is 381. The number of thiophene rings is 1. The van der Waals surface area contributed by atoms with Crippen molar-refractivity contribution < 1.29 is 4.79 Å². The summed E-state index contributed by atoms with van der Waals surface area (Å²) >= 11 is 1.69. The minimum Gasteiger partial charge on any atom is -0.346 e. The van der Waals surface area contributed by atoms with Crippen LogP contribution >= 0.6 is 11.3 Å². The molecule has 1 saturated heterocycles. The van der Waals surface area contributed by atoms with Crippen LogP contribution in [-0.4, -0.2) is 19.0 Å². The molecule has 1 aromatic rings. The van der Waals surface area contributed by atoms with E-state index in [0.717, 1.165) is 19.5 Å². The first-order chi connectivity index (χ1) is 8.58. The van der Waals surface area contributed by atoms with Crippen molar-refractivity contribution in [1.82, 2.24) is 10.6 Å². The maximum absolute atomic E-state index is 12.0. The molecule has 4 heteroatoms. The summed E-state index contributed by atoms with van der Waals surface area (Å²) < 4.78 is 0. The lowest BCUT2D eigenvalue weighted by Gasteiger charge is -2.25. The van der Waals surface area contributed by atoms with Crippen LogP contribution in [0.1, 0.15) is 38.0 Å². The molecule has 1 unspecified atom stereocenters. The van der Waals surface area contributed by atoms with Crippen molar-refractivity contribution in [3.8, 4) is 0 Å². The molecule has 2 rings (SSSR count). The molecule has 2 heterocycles. The summed E-state index contributed by atoms with van der Waals surface area (Å²) in [6, 6.07) is 4.10. The summed E-state index contributed by atoms with van der Waals surface area (Å²) in [5.74, 6) is 0.848. The fourth-order valence-corrected chi connectivity index (χ4v) is 3.21. The third-order valence-corrected chi connectivity index (χ3v) is 4.72. The molecule has 1 fully saturated rings. The Morgan fingerprint density at radius 2 is 2.44 bits per heavy atom. The molecule has 100 valence electrons. The highest BCUT2D eigenvalue weighted by atomic mass is 32.1. The molecule has 1 aromatic heterocycles. The van der Waals surface area contributed by atoms with Crippen molar-refractivity contribution >= 4 is 17.2 Å². The van der Waals surface area contributed by atoms with E-state index < -0.39 is 0 Å². The Morgan fingerprint density at radius 3 is 3.06 bits per heavy atom. The van der Waals surface area contributed by atoms with E-state index in [4.69, 9.17) is 0 Å². The smallest absolute Gasteiger partial charge is 0.220 e. The Labute approximate surface area is 113 Å². The molecule has 3 nitrogen and oxygen atoms in total. The van der Waals surface area contributed by atoms with Gasteiger partial charge in [0.2, 0.25) is 5.91 Å². The van der Waals surface area contributed by atoms with Crippen molar-refractivity contribution in [2.75, 3.05) is 13.1 Å². The van der Waals surface area contributed by atoms with Crippen LogP contribution < -0.4 is 10.6 Å². The molecule has 0 aliphatic carbocycles. The molecular formula is C14H22N2OS. The topological polar surface area (TPSA) is 41.1 Å². The molecule has 0 bridgehead atoms. The zero-order valence-electron chi connectivity index (χ0n) is 11.2. The first-order valence-electron chi connectivity index (χ1n) is 6.63. The van der Waals surface area contributed by atoms with E-state index >= 15 is 0 Å². The maximum atomic E-state index is 12.0. The first kappa shape index (κ1) is 13.6. The maximum Gasteiger partial charge on any atom is 0.220 e. The highest BCUT2D eigenvalue weighted by molar-refractivity contribution is 7.10. The van der Waals surface area contributed by atoms with Crippen LogP contribution in [0.25, 0.3) is 0 Å². The standard InChI is InChI=1S/C14H22N2OS/c1-14(2,12-4-3-9-18-12)16-13(17)6-5-11-7-8-15-10-11/h3-4,9,11,15H,5-8,10H2,1-2H3,(H,16,17). The average molecular weight is 266 g/mol. The van der Waals surface area contributed by atoms with Gasteiger partial charge in [-0.3, -0.25) is 4.79 Å². The lowest BCUT2D eigenvalue weighted by molar-refractivity contribution is -0.123. The van der Waals surface area contributed by atoms with Crippen LogP contribution in [-0.2, 0) is 10.3 Å². The molecule has 1 aliphatic rings. The van der Waals surface area contributed by atoms with Gasteiger partial charge in [-0.05, 0) is 57.1 Å². The van der Waals surface area contributed by atoms with Gasteiger partial charge in [0.25, 0.3) is 0 Å². The van der Waals surface area contributed by atoms with E-state index in [-0.39, 0.29) is 11.4 Å². The minimum atomic E-state index is -0.251. The first-order valence-corrected chi connectivity index (χ1v) is 7.51. The van der Waals surface area contributed by atoms with Gasteiger partial charge in [0.05, 0.1) is 5.54 Å². The van der Waals surface area contributed by atoms with Crippen molar-refractivity contribution in [1.29, 1.82) is 0 Å². The molecule has 0 saturated carbocycles. The molecule has 18 heavy (non-hydrogen) atoms. The number of carbonyl (C=O) groups is 1. The second kappa shape index (κ2) is 5.85. The number of hydrogen-bond donors (Lipinski definition) is 2. The molecular weight excluding hydrogens is 244 g/mol. The Morgan fingerprint density at radius 1 is 1.61 bits per heavy atom. The predicted molar refractivity (Wildman–Crippen MR) is 75.7 cm³/mol. The number of hydrogen-bond acceptors (Lipinski definition) is 3. The second-order valence-electron chi connectivity index (χ2n) is 5.55. The van der Waals surface area contributed by atoms with Gasteiger partial charge in [0.15, 0.2) is 0 Å². The number of rotatable bonds is 5. The SMILES string of the molecule is CC(C)(NC(=O)CCC1CCNC1)c1cccs1. The summed E-state index contributed by atoms with van der Waals surface area (Å²) in [5, 5.41) is 8.52.